The highest BCUT2D eigenvalue weighted by atomic mass is 32.2. The predicted molar refractivity (Wildman–Crippen MR) is 111 cm³/mol. The van der Waals surface area contributed by atoms with Crippen molar-refractivity contribution >= 4 is 23.6 Å². The highest BCUT2D eigenvalue weighted by molar-refractivity contribution is 7.99. The van der Waals surface area contributed by atoms with E-state index in [0.29, 0.717) is 24.2 Å². The predicted octanol–water partition coefficient (Wildman–Crippen LogP) is 4.27. The summed E-state index contributed by atoms with van der Waals surface area (Å²) in [4.78, 5) is 27.9. The largest absolute Gasteiger partial charge is 0.366 e. The van der Waals surface area contributed by atoms with Crippen LogP contribution in [-0.2, 0) is 6.54 Å². The maximum Gasteiger partial charge on any atom is 0.255 e. The van der Waals surface area contributed by atoms with Crippen LogP contribution in [0.1, 0.15) is 37.1 Å². The van der Waals surface area contributed by atoms with E-state index in [0.717, 1.165) is 10.5 Å². The molecule has 3 aromatic carbocycles. The molecule has 2 amide bonds. The molecule has 28 heavy (non-hydrogen) atoms. The number of fused-ring (bicyclic) bond motifs is 1. The van der Waals surface area contributed by atoms with Gasteiger partial charge >= 0.3 is 0 Å². The molecule has 0 spiro atoms. The Labute approximate surface area is 168 Å². The molecule has 0 saturated carbocycles. The summed E-state index contributed by atoms with van der Waals surface area (Å²) in [5, 5.41) is 0.106. The summed E-state index contributed by atoms with van der Waals surface area (Å²) in [6, 6.07) is 25.1. The number of nitrogens with zero attached hydrogens (tertiary/aromatic N) is 1. The molecule has 2 N–H and O–H groups in total. The molecule has 0 bridgehead atoms. The maximum atomic E-state index is 13.3. The van der Waals surface area contributed by atoms with E-state index in [9.17, 15) is 9.59 Å². The van der Waals surface area contributed by atoms with Crippen LogP contribution in [0.25, 0.3) is 0 Å². The van der Waals surface area contributed by atoms with Gasteiger partial charge in [0, 0.05) is 23.5 Å². The van der Waals surface area contributed by atoms with E-state index in [-0.39, 0.29) is 11.2 Å². The SMILES string of the molecule is NC(=O)c1ccccc1CN1CC(c2ccccc2)Sc2ccccc2C1=O. The number of carbonyl (C=O) groups excluding carboxylic acids is 2. The molecule has 1 atom stereocenters. The number of hydrogen-bond acceptors (Lipinski definition) is 3. The number of nitrogens with two attached hydrogens (primary N) is 1. The van der Waals surface area contributed by atoms with Gasteiger partial charge in [0.15, 0.2) is 0 Å². The van der Waals surface area contributed by atoms with Crippen LogP contribution in [0, 0.1) is 0 Å². The molecular weight excluding hydrogens is 368 g/mol. The number of hydrogen-bond donors (Lipinski definition) is 1. The van der Waals surface area contributed by atoms with Crippen LogP contribution in [0.5, 0.6) is 0 Å². The fourth-order valence-electron chi connectivity index (χ4n) is 3.47. The lowest BCUT2D eigenvalue weighted by atomic mass is 10.0. The number of benzene rings is 3. The minimum absolute atomic E-state index is 0.0270. The van der Waals surface area contributed by atoms with Crippen LogP contribution in [0.3, 0.4) is 0 Å². The molecule has 5 heteroatoms. The van der Waals surface area contributed by atoms with Crippen LogP contribution in [0.2, 0.25) is 0 Å². The molecule has 3 aromatic rings. The van der Waals surface area contributed by atoms with Gasteiger partial charge in [-0.2, -0.15) is 0 Å². The van der Waals surface area contributed by atoms with Crippen LogP contribution in [0.4, 0.5) is 0 Å². The van der Waals surface area contributed by atoms with Crippen LogP contribution < -0.4 is 5.73 Å². The zero-order valence-electron chi connectivity index (χ0n) is 15.2. The van der Waals surface area contributed by atoms with Gasteiger partial charge in [0.1, 0.15) is 0 Å². The summed E-state index contributed by atoms with van der Waals surface area (Å²) >= 11 is 1.71. The normalized spacial score (nSPS) is 16.4. The van der Waals surface area contributed by atoms with Crippen molar-refractivity contribution in [1.29, 1.82) is 0 Å². The van der Waals surface area contributed by atoms with Gasteiger partial charge in [0.25, 0.3) is 5.91 Å². The van der Waals surface area contributed by atoms with Crippen molar-refractivity contribution in [3.05, 3.63) is 101 Å². The van der Waals surface area contributed by atoms with E-state index >= 15 is 0 Å². The standard InChI is InChI=1S/C23H20N2O2S/c24-22(26)18-11-5-4-10-17(18)14-25-15-21(16-8-2-1-3-9-16)28-20-13-7-6-12-19(20)23(25)27/h1-13,21H,14-15H2,(H2,24,26). The van der Waals surface area contributed by atoms with Crippen molar-refractivity contribution in [1.82, 2.24) is 4.90 Å². The monoisotopic (exact) mass is 388 g/mol. The van der Waals surface area contributed by atoms with E-state index in [2.05, 4.69) is 12.1 Å². The fraction of sp³-hybridized carbons (Fsp3) is 0.130. The van der Waals surface area contributed by atoms with Gasteiger partial charge in [0.2, 0.25) is 5.91 Å². The van der Waals surface area contributed by atoms with Crippen molar-refractivity contribution in [2.24, 2.45) is 5.73 Å². The first-order chi connectivity index (χ1) is 13.6. The third-order valence-corrected chi connectivity index (χ3v) is 6.19. The van der Waals surface area contributed by atoms with Crippen molar-refractivity contribution in [3.63, 3.8) is 0 Å². The molecule has 0 radical (unpaired) electrons. The molecular formula is C23H20N2O2S. The number of carbonyl (C=O) groups is 2. The van der Waals surface area contributed by atoms with E-state index in [1.54, 1.807) is 23.9 Å². The number of primary amides is 1. The molecule has 1 heterocycles. The molecule has 0 saturated heterocycles. The molecule has 0 aromatic heterocycles. The van der Waals surface area contributed by atoms with Gasteiger partial charge in [-0.05, 0) is 29.3 Å². The third kappa shape index (κ3) is 3.66. The molecule has 4 rings (SSSR count). The van der Waals surface area contributed by atoms with Crippen molar-refractivity contribution in [2.45, 2.75) is 16.7 Å². The molecule has 0 fully saturated rings. The van der Waals surface area contributed by atoms with E-state index < -0.39 is 5.91 Å². The van der Waals surface area contributed by atoms with E-state index in [1.165, 1.54) is 5.56 Å². The highest BCUT2D eigenvalue weighted by Gasteiger charge is 2.29. The Hall–Kier alpha value is -3.05. The Bertz CT molecular complexity index is 1020. The van der Waals surface area contributed by atoms with Gasteiger partial charge in [-0.1, -0.05) is 60.7 Å². The van der Waals surface area contributed by atoms with E-state index in [1.807, 2.05) is 59.5 Å². The molecule has 1 aliphatic rings. The number of thioether (sulfide) groups is 1. The smallest absolute Gasteiger partial charge is 0.255 e. The van der Waals surface area contributed by atoms with Crippen molar-refractivity contribution in [3.8, 4) is 0 Å². The van der Waals surface area contributed by atoms with Gasteiger partial charge in [-0.25, -0.2) is 0 Å². The summed E-state index contributed by atoms with van der Waals surface area (Å²) in [6.07, 6.45) is 0. The highest BCUT2D eigenvalue weighted by Crippen LogP contribution is 2.41. The minimum Gasteiger partial charge on any atom is -0.366 e. The number of rotatable bonds is 4. The first kappa shape index (κ1) is 18.3. The lowest BCUT2D eigenvalue weighted by Crippen LogP contribution is -2.33. The summed E-state index contributed by atoms with van der Waals surface area (Å²) in [5.41, 5.74) is 8.62. The Morgan fingerprint density at radius 3 is 2.43 bits per heavy atom. The second kappa shape index (κ2) is 7.90. The topological polar surface area (TPSA) is 63.4 Å². The first-order valence-corrected chi connectivity index (χ1v) is 9.99. The second-order valence-corrected chi connectivity index (χ2v) is 7.96. The quantitative estimate of drug-likeness (QED) is 0.726. The average molecular weight is 388 g/mol. The zero-order chi connectivity index (χ0) is 19.5. The molecule has 140 valence electrons. The Morgan fingerprint density at radius 2 is 1.64 bits per heavy atom. The van der Waals surface area contributed by atoms with Gasteiger partial charge in [-0.15, -0.1) is 11.8 Å². The Kier molecular flexibility index (Phi) is 5.17. The number of amides is 2. The van der Waals surface area contributed by atoms with Crippen LogP contribution in [-0.4, -0.2) is 23.3 Å². The van der Waals surface area contributed by atoms with Crippen LogP contribution >= 0.6 is 11.8 Å². The van der Waals surface area contributed by atoms with E-state index in [4.69, 9.17) is 5.73 Å². The molecule has 1 aliphatic heterocycles. The van der Waals surface area contributed by atoms with Crippen molar-refractivity contribution < 1.29 is 9.59 Å². The molecule has 4 nitrogen and oxygen atoms in total. The average Bonchev–Trinajstić information content (AvgIpc) is 2.86. The molecule has 0 aliphatic carbocycles. The lowest BCUT2D eigenvalue weighted by molar-refractivity contribution is 0.0741. The second-order valence-electron chi connectivity index (χ2n) is 6.72. The fourth-order valence-corrected chi connectivity index (χ4v) is 4.77. The first-order valence-electron chi connectivity index (χ1n) is 9.11. The summed E-state index contributed by atoms with van der Waals surface area (Å²) in [5.74, 6) is -0.506. The van der Waals surface area contributed by atoms with Gasteiger partial charge in [0.05, 0.1) is 10.8 Å². The maximum absolute atomic E-state index is 13.3. The lowest BCUT2D eigenvalue weighted by Gasteiger charge is -2.25. The van der Waals surface area contributed by atoms with Gasteiger partial charge < -0.3 is 10.6 Å². The van der Waals surface area contributed by atoms with Crippen molar-refractivity contribution in [2.75, 3.05) is 6.54 Å². The summed E-state index contributed by atoms with van der Waals surface area (Å²) in [6.45, 7) is 0.894. The summed E-state index contributed by atoms with van der Waals surface area (Å²) < 4.78 is 0. The Balaban J connectivity index is 1.73. The Morgan fingerprint density at radius 1 is 0.964 bits per heavy atom. The molecule has 1 unspecified atom stereocenters. The van der Waals surface area contributed by atoms with Gasteiger partial charge in [-0.3, -0.25) is 9.59 Å². The third-order valence-electron chi connectivity index (χ3n) is 4.88. The summed E-state index contributed by atoms with van der Waals surface area (Å²) in [7, 11) is 0. The van der Waals surface area contributed by atoms with Crippen LogP contribution in [0.15, 0.2) is 83.8 Å². The minimum atomic E-state index is -0.479. The zero-order valence-corrected chi connectivity index (χ0v) is 16.1.